The Balaban J connectivity index is 2.35. The van der Waals surface area contributed by atoms with Gasteiger partial charge in [-0.15, -0.1) is 0 Å². The van der Waals surface area contributed by atoms with Gasteiger partial charge in [0.25, 0.3) is 5.91 Å². The van der Waals surface area contributed by atoms with Crippen molar-refractivity contribution in [2.75, 3.05) is 20.6 Å². The van der Waals surface area contributed by atoms with E-state index in [1.54, 1.807) is 0 Å². The molecule has 0 aromatic heterocycles. The van der Waals surface area contributed by atoms with Crippen molar-refractivity contribution in [2.45, 2.75) is 12.8 Å². The zero-order valence-electron chi connectivity index (χ0n) is 8.33. The second kappa shape index (κ2) is 3.01. The summed E-state index contributed by atoms with van der Waals surface area (Å²) in [5.41, 5.74) is 1.41. The molecule has 0 saturated carbocycles. The van der Waals surface area contributed by atoms with Crippen LogP contribution in [0, 0.1) is 0 Å². The van der Waals surface area contributed by atoms with Crippen molar-refractivity contribution in [1.29, 1.82) is 0 Å². The molecular weight excluding hydrogens is 182 g/mol. The Labute approximate surface area is 82.4 Å². The van der Waals surface area contributed by atoms with Gasteiger partial charge in [0, 0.05) is 26.3 Å². The summed E-state index contributed by atoms with van der Waals surface area (Å²) >= 11 is 0. The van der Waals surface area contributed by atoms with Crippen molar-refractivity contribution in [3.05, 3.63) is 11.4 Å². The number of allylic oxidation sites excluding steroid dienone is 1. The molecule has 2 rings (SSSR count). The highest BCUT2D eigenvalue weighted by Gasteiger charge is 2.34. The van der Waals surface area contributed by atoms with Crippen LogP contribution in [0.15, 0.2) is 11.4 Å². The average Bonchev–Trinajstić information content (AvgIpc) is 2.66. The molecule has 0 bridgehead atoms. The number of carbonyl (C=O) groups is 2. The highest BCUT2D eigenvalue weighted by atomic mass is 16.2. The minimum absolute atomic E-state index is 0.223. The first-order valence-corrected chi connectivity index (χ1v) is 4.64. The summed E-state index contributed by atoms with van der Waals surface area (Å²) in [4.78, 5) is 25.9. The number of carbonyl (C=O) groups excluding carboxylic acids is 2. The van der Waals surface area contributed by atoms with Crippen LogP contribution in [0.1, 0.15) is 12.8 Å². The van der Waals surface area contributed by atoms with E-state index in [9.17, 15) is 9.59 Å². The Morgan fingerprint density at radius 3 is 2.43 bits per heavy atom. The van der Waals surface area contributed by atoms with E-state index >= 15 is 0 Å². The van der Waals surface area contributed by atoms with E-state index < -0.39 is 0 Å². The number of urea groups is 1. The first-order valence-electron chi connectivity index (χ1n) is 4.64. The van der Waals surface area contributed by atoms with Gasteiger partial charge in [-0.2, -0.15) is 0 Å². The van der Waals surface area contributed by atoms with Gasteiger partial charge >= 0.3 is 6.03 Å². The lowest BCUT2D eigenvalue weighted by Gasteiger charge is -2.13. The van der Waals surface area contributed by atoms with Crippen LogP contribution in [-0.4, -0.2) is 42.4 Å². The molecule has 2 aliphatic heterocycles. The molecule has 76 valence electrons. The van der Waals surface area contributed by atoms with E-state index in [2.05, 4.69) is 5.32 Å². The van der Waals surface area contributed by atoms with Gasteiger partial charge in [-0.05, 0) is 12.8 Å². The largest absolute Gasteiger partial charge is 0.376 e. The molecule has 0 aromatic rings. The molecule has 14 heavy (non-hydrogen) atoms. The molecule has 5 heteroatoms. The lowest BCUT2D eigenvalue weighted by molar-refractivity contribution is -0.122. The van der Waals surface area contributed by atoms with Crippen molar-refractivity contribution < 1.29 is 9.59 Å². The van der Waals surface area contributed by atoms with Gasteiger partial charge in [-0.25, -0.2) is 4.79 Å². The van der Waals surface area contributed by atoms with Gasteiger partial charge in [0.15, 0.2) is 0 Å². The van der Waals surface area contributed by atoms with Crippen LogP contribution in [0.4, 0.5) is 4.79 Å². The van der Waals surface area contributed by atoms with Gasteiger partial charge in [0.05, 0.1) is 0 Å². The predicted octanol–water partition coefficient (Wildman–Crippen LogP) is 0.105. The SMILES string of the molecule is CN1C(=O)N/C(=C2/CCCN2C)C1=O. The second-order valence-electron chi connectivity index (χ2n) is 3.64. The third-order valence-electron chi connectivity index (χ3n) is 2.71. The standard InChI is InChI=1S/C9H13N3O2/c1-11-5-3-4-6(11)7-8(13)12(2)9(14)10-7/h3-5H2,1-2H3,(H,10,14)/b7-6-. The van der Waals surface area contributed by atoms with Gasteiger partial charge in [0.2, 0.25) is 0 Å². The number of rotatable bonds is 0. The molecule has 2 heterocycles. The maximum atomic E-state index is 11.6. The Morgan fingerprint density at radius 1 is 1.29 bits per heavy atom. The van der Waals surface area contributed by atoms with Crippen molar-refractivity contribution >= 4 is 11.9 Å². The van der Waals surface area contributed by atoms with Crippen LogP contribution < -0.4 is 5.32 Å². The number of hydrogen-bond donors (Lipinski definition) is 1. The third kappa shape index (κ3) is 1.16. The van der Waals surface area contributed by atoms with Gasteiger partial charge in [0.1, 0.15) is 5.70 Å². The molecule has 0 aromatic carbocycles. The Bertz CT molecular complexity index is 335. The monoisotopic (exact) mass is 195 g/mol. The molecular formula is C9H13N3O2. The van der Waals surface area contributed by atoms with Crippen LogP contribution in [0.25, 0.3) is 0 Å². The Morgan fingerprint density at radius 2 is 2.00 bits per heavy atom. The fourth-order valence-corrected chi connectivity index (χ4v) is 1.83. The zero-order chi connectivity index (χ0) is 10.3. The summed E-state index contributed by atoms with van der Waals surface area (Å²) in [6.07, 6.45) is 1.91. The molecule has 1 N–H and O–H groups in total. The van der Waals surface area contributed by atoms with E-state index in [-0.39, 0.29) is 11.9 Å². The zero-order valence-corrected chi connectivity index (χ0v) is 8.33. The Kier molecular flexibility index (Phi) is 1.94. The minimum Gasteiger partial charge on any atom is -0.376 e. The molecule has 5 nitrogen and oxygen atoms in total. The molecule has 0 unspecified atom stereocenters. The lowest BCUT2D eigenvalue weighted by Crippen LogP contribution is -2.25. The molecule has 0 spiro atoms. The van der Waals surface area contributed by atoms with Crippen LogP contribution in [0.3, 0.4) is 0 Å². The van der Waals surface area contributed by atoms with E-state index in [0.29, 0.717) is 5.70 Å². The summed E-state index contributed by atoms with van der Waals surface area (Å²) in [5.74, 6) is -0.223. The molecule has 2 saturated heterocycles. The predicted molar refractivity (Wildman–Crippen MR) is 50.2 cm³/mol. The number of nitrogens with one attached hydrogen (secondary N) is 1. The molecule has 2 fully saturated rings. The molecule has 0 atom stereocenters. The second-order valence-corrected chi connectivity index (χ2v) is 3.64. The highest BCUT2D eigenvalue weighted by Crippen LogP contribution is 2.24. The normalized spacial score (nSPS) is 27.6. The summed E-state index contributed by atoms with van der Waals surface area (Å²) in [7, 11) is 3.42. The number of likely N-dealkylation sites (tertiary alicyclic amines) is 1. The molecule has 2 aliphatic rings. The van der Waals surface area contributed by atoms with Crippen molar-refractivity contribution in [3.63, 3.8) is 0 Å². The van der Waals surface area contributed by atoms with Crippen molar-refractivity contribution in [3.8, 4) is 0 Å². The van der Waals surface area contributed by atoms with Crippen LogP contribution in [0.2, 0.25) is 0 Å². The van der Waals surface area contributed by atoms with Crippen molar-refractivity contribution in [2.24, 2.45) is 0 Å². The average molecular weight is 195 g/mol. The molecule has 3 amide bonds. The van der Waals surface area contributed by atoms with E-state index in [1.807, 2.05) is 11.9 Å². The first-order chi connectivity index (χ1) is 6.61. The van der Waals surface area contributed by atoms with E-state index in [4.69, 9.17) is 0 Å². The van der Waals surface area contributed by atoms with Gasteiger partial charge in [-0.3, -0.25) is 9.69 Å². The highest BCUT2D eigenvalue weighted by molar-refractivity contribution is 6.11. The van der Waals surface area contributed by atoms with Crippen LogP contribution >= 0.6 is 0 Å². The minimum atomic E-state index is -0.335. The van der Waals surface area contributed by atoms with Crippen LogP contribution in [-0.2, 0) is 4.79 Å². The third-order valence-corrected chi connectivity index (χ3v) is 2.71. The van der Waals surface area contributed by atoms with Gasteiger partial charge < -0.3 is 10.2 Å². The Hall–Kier alpha value is -1.52. The number of nitrogens with zero attached hydrogens (tertiary/aromatic N) is 2. The quantitative estimate of drug-likeness (QED) is 0.441. The van der Waals surface area contributed by atoms with Gasteiger partial charge in [-0.1, -0.05) is 0 Å². The summed E-state index contributed by atoms with van der Waals surface area (Å²) in [5, 5.41) is 2.60. The number of likely N-dealkylation sites (N-methyl/N-ethyl adjacent to an activating group) is 1. The number of imide groups is 1. The fraction of sp³-hybridized carbons (Fsp3) is 0.556. The maximum absolute atomic E-state index is 11.6. The van der Waals surface area contributed by atoms with Crippen molar-refractivity contribution in [1.82, 2.24) is 15.1 Å². The molecule has 0 radical (unpaired) electrons. The fourth-order valence-electron chi connectivity index (χ4n) is 1.83. The number of hydrogen-bond acceptors (Lipinski definition) is 3. The first kappa shape index (κ1) is 9.05. The lowest BCUT2D eigenvalue weighted by atomic mass is 10.2. The number of amides is 3. The van der Waals surface area contributed by atoms with Crippen LogP contribution in [0.5, 0.6) is 0 Å². The van der Waals surface area contributed by atoms with E-state index in [1.165, 1.54) is 7.05 Å². The summed E-state index contributed by atoms with van der Waals surface area (Å²) in [6.45, 7) is 0.950. The maximum Gasteiger partial charge on any atom is 0.328 e. The van der Waals surface area contributed by atoms with E-state index in [0.717, 1.165) is 30.0 Å². The summed E-state index contributed by atoms with van der Waals surface area (Å²) in [6, 6.07) is -0.335. The topological polar surface area (TPSA) is 52.7 Å². The molecule has 0 aliphatic carbocycles. The smallest absolute Gasteiger partial charge is 0.328 e. The summed E-state index contributed by atoms with van der Waals surface area (Å²) < 4.78 is 0.